The lowest BCUT2D eigenvalue weighted by molar-refractivity contribution is 0.102. The van der Waals surface area contributed by atoms with Crippen molar-refractivity contribution in [1.82, 2.24) is 19.8 Å². The van der Waals surface area contributed by atoms with Crippen LogP contribution in [-0.2, 0) is 6.54 Å². The minimum atomic E-state index is -0.307. The number of nitrogens with one attached hydrogen (secondary N) is 2. The second-order valence-electron chi connectivity index (χ2n) is 12.5. The first-order chi connectivity index (χ1) is 24.2. The van der Waals surface area contributed by atoms with Crippen LogP contribution in [0.1, 0.15) is 29.8 Å². The average molecular weight is 698 g/mol. The van der Waals surface area contributed by atoms with Crippen molar-refractivity contribution in [1.29, 1.82) is 0 Å². The topological polar surface area (TPSA) is 109 Å². The predicted octanol–water partition coefficient (Wildman–Crippen LogP) is 6.17. The molecule has 2 N–H and O–H groups in total. The molecule has 4 aromatic rings. The van der Waals surface area contributed by atoms with Crippen LogP contribution in [0.4, 0.5) is 39.3 Å². The smallest absolute Gasteiger partial charge is 0.330 e. The van der Waals surface area contributed by atoms with Crippen molar-refractivity contribution in [2.45, 2.75) is 20.4 Å². The molecule has 0 atom stereocenters. The van der Waals surface area contributed by atoms with E-state index >= 15 is 0 Å². The van der Waals surface area contributed by atoms with E-state index in [9.17, 15) is 9.59 Å². The molecule has 0 spiro atoms. The summed E-state index contributed by atoms with van der Waals surface area (Å²) in [6.45, 7) is 11.9. The largest absolute Gasteiger partial charge is 0.492 e. The van der Waals surface area contributed by atoms with Crippen molar-refractivity contribution in [2.24, 2.45) is 0 Å². The van der Waals surface area contributed by atoms with Crippen LogP contribution in [0.15, 0.2) is 72.9 Å². The Labute approximate surface area is 298 Å². The van der Waals surface area contributed by atoms with Crippen molar-refractivity contribution >= 4 is 58.1 Å². The monoisotopic (exact) mass is 697 g/mol. The number of carbonyl (C=O) groups excluding carboxylic acids is 2. The zero-order valence-corrected chi connectivity index (χ0v) is 29.8. The summed E-state index contributed by atoms with van der Waals surface area (Å²) in [5.74, 6) is 1.41. The highest BCUT2D eigenvalue weighted by atomic mass is 35.5. The average Bonchev–Trinajstić information content (AvgIpc) is 3.14. The summed E-state index contributed by atoms with van der Waals surface area (Å²) in [6.07, 6.45) is 1.71. The summed E-state index contributed by atoms with van der Waals surface area (Å²) < 4.78 is 5.89. The van der Waals surface area contributed by atoms with E-state index in [2.05, 4.69) is 56.2 Å². The number of amides is 3. The minimum absolute atomic E-state index is 0.211. The molecular formula is C37H44ClN9O3. The third-order valence-electron chi connectivity index (χ3n) is 9.18. The Morgan fingerprint density at radius 1 is 0.940 bits per heavy atom. The Morgan fingerprint density at radius 3 is 2.34 bits per heavy atom. The molecule has 0 aliphatic carbocycles. The molecule has 1 fully saturated rings. The van der Waals surface area contributed by atoms with Gasteiger partial charge in [-0.15, -0.1) is 0 Å². The van der Waals surface area contributed by atoms with Crippen molar-refractivity contribution in [2.75, 3.05) is 91.8 Å². The van der Waals surface area contributed by atoms with Gasteiger partial charge in [-0.25, -0.2) is 9.78 Å². The summed E-state index contributed by atoms with van der Waals surface area (Å²) in [6, 6.07) is 20.1. The number of likely N-dealkylation sites (N-methyl/N-ethyl adjacent to an activating group) is 2. The van der Waals surface area contributed by atoms with Crippen molar-refractivity contribution in [3.8, 4) is 5.75 Å². The van der Waals surface area contributed by atoms with Gasteiger partial charge >= 0.3 is 6.03 Å². The molecule has 0 saturated carbocycles. The molecule has 0 radical (unpaired) electrons. The number of benzene rings is 3. The molecule has 2 aliphatic rings. The standard InChI is InChI=1S/C37H44ClN9O3/c1-5-45(6-2)21-22-50-31-14-9-28(10-15-31)41-36-39-24-27-25-47(37(49)44(4)34(27)42-36)33-23-29(11-16-32(33)38)40-35(48)26-7-12-30(13-8-26)46-19-17-43(3)18-20-46/h7-16,23-24H,5-6,17-22,25H2,1-4H3,(H,40,48)(H,39,41,42). The van der Waals surface area contributed by atoms with Gasteiger partial charge in [-0.1, -0.05) is 25.4 Å². The fourth-order valence-corrected chi connectivity index (χ4v) is 6.26. The molecule has 12 nitrogen and oxygen atoms in total. The van der Waals surface area contributed by atoms with Crippen LogP contribution >= 0.6 is 11.6 Å². The third kappa shape index (κ3) is 8.10. The zero-order valence-electron chi connectivity index (χ0n) is 29.0. The number of aromatic nitrogens is 2. The summed E-state index contributed by atoms with van der Waals surface area (Å²) in [4.78, 5) is 46.0. The SMILES string of the molecule is CCN(CC)CCOc1ccc(Nc2ncc3c(n2)N(C)C(=O)N(c2cc(NC(=O)c4ccc(N5CCN(C)CC5)cc4)ccc2Cl)C3)cc1. The lowest BCUT2D eigenvalue weighted by atomic mass is 10.1. The van der Waals surface area contributed by atoms with E-state index in [0.717, 1.165) is 68.5 Å². The molecule has 0 unspecified atom stereocenters. The molecule has 262 valence electrons. The molecule has 3 amide bonds. The maximum atomic E-state index is 13.7. The predicted molar refractivity (Wildman–Crippen MR) is 201 cm³/mol. The Bertz CT molecular complexity index is 1790. The molecule has 1 saturated heterocycles. The lowest BCUT2D eigenvalue weighted by Crippen LogP contribution is -2.46. The number of hydrogen-bond acceptors (Lipinski definition) is 9. The number of piperazine rings is 1. The fourth-order valence-electron chi connectivity index (χ4n) is 6.04. The van der Waals surface area contributed by atoms with Gasteiger partial charge in [0.25, 0.3) is 5.91 Å². The number of rotatable bonds is 12. The van der Waals surface area contributed by atoms with E-state index in [1.165, 1.54) is 4.90 Å². The molecule has 0 bridgehead atoms. The first-order valence-corrected chi connectivity index (χ1v) is 17.4. The van der Waals surface area contributed by atoms with Gasteiger partial charge in [-0.2, -0.15) is 4.98 Å². The molecule has 2 aliphatic heterocycles. The highest BCUT2D eigenvalue weighted by Crippen LogP contribution is 2.36. The summed E-state index contributed by atoms with van der Waals surface area (Å²) in [7, 11) is 3.79. The van der Waals surface area contributed by atoms with Gasteiger partial charge in [-0.3, -0.25) is 14.6 Å². The number of hydrogen-bond donors (Lipinski definition) is 2. The van der Waals surface area contributed by atoms with Gasteiger partial charge < -0.3 is 30.1 Å². The Hall–Kier alpha value is -4.91. The van der Waals surface area contributed by atoms with Crippen LogP contribution in [-0.4, -0.2) is 98.2 Å². The maximum absolute atomic E-state index is 13.7. The first-order valence-electron chi connectivity index (χ1n) is 17.0. The van der Waals surface area contributed by atoms with E-state index in [1.807, 2.05) is 48.5 Å². The normalized spacial score (nSPS) is 14.9. The number of anilines is 6. The first kappa shape index (κ1) is 34.9. The molecule has 6 rings (SSSR count). The maximum Gasteiger partial charge on any atom is 0.330 e. The minimum Gasteiger partial charge on any atom is -0.492 e. The Kier molecular flexibility index (Phi) is 11.0. The second-order valence-corrected chi connectivity index (χ2v) is 12.9. The van der Waals surface area contributed by atoms with E-state index in [-0.39, 0.29) is 18.5 Å². The van der Waals surface area contributed by atoms with Crippen LogP contribution < -0.4 is 30.1 Å². The number of carbonyl (C=O) groups is 2. The van der Waals surface area contributed by atoms with E-state index in [0.29, 0.717) is 40.3 Å². The number of fused-ring (bicyclic) bond motifs is 1. The fraction of sp³-hybridized carbons (Fsp3) is 0.351. The summed E-state index contributed by atoms with van der Waals surface area (Å²) in [5, 5.41) is 6.55. The number of nitrogens with zero attached hydrogens (tertiary/aromatic N) is 7. The van der Waals surface area contributed by atoms with Gasteiger partial charge in [0.05, 0.1) is 17.3 Å². The highest BCUT2D eigenvalue weighted by Gasteiger charge is 2.32. The van der Waals surface area contributed by atoms with E-state index in [1.54, 1.807) is 36.3 Å². The van der Waals surface area contributed by atoms with Crippen LogP contribution in [0.25, 0.3) is 0 Å². The number of ether oxygens (including phenoxy) is 1. The van der Waals surface area contributed by atoms with Gasteiger partial charge in [0.1, 0.15) is 18.2 Å². The second kappa shape index (κ2) is 15.8. The van der Waals surface area contributed by atoms with Gasteiger partial charge in [-0.05, 0) is 86.9 Å². The zero-order chi connectivity index (χ0) is 35.2. The molecule has 3 heterocycles. The molecular weight excluding hydrogens is 654 g/mol. The summed E-state index contributed by atoms with van der Waals surface area (Å²) >= 11 is 6.62. The molecule has 50 heavy (non-hydrogen) atoms. The van der Waals surface area contributed by atoms with Crippen molar-refractivity contribution in [3.63, 3.8) is 0 Å². The van der Waals surface area contributed by atoms with Crippen molar-refractivity contribution < 1.29 is 14.3 Å². The number of urea groups is 1. The van der Waals surface area contributed by atoms with Crippen LogP contribution in [0, 0.1) is 0 Å². The van der Waals surface area contributed by atoms with Gasteiger partial charge in [0.2, 0.25) is 5.95 Å². The van der Waals surface area contributed by atoms with Crippen LogP contribution in [0.2, 0.25) is 5.02 Å². The van der Waals surface area contributed by atoms with Crippen LogP contribution in [0.5, 0.6) is 5.75 Å². The molecule has 3 aromatic carbocycles. The Morgan fingerprint density at radius 2 is 1.64 bits per heavy atom. The van der Waals surface area contributed by atoms with E-state index < -0.39 is 0 Å². The Balaban J connectivity index is 1.09. The van der Waals surface area contributed by atoms with Crippen molar-refractivity contribution in [3.05, 3.63) is 89.1 Å². The summed E-state index contributed by atoms with van der Waals surface area (Å²) in [5.41, 5.74) is 4.18. The quantitative estimate of drug-likeness (QED) is 0.180. The highest BCUT2D eigenvalue weighted by molar-refractivity contribution is 6.34. The van der Waals surface area contributed by atoms with E-state index in [4.69, 9.17) is 16.3 Å². The lowest BCUT2D eigenvalue weighted by Gasteiger charge is -2.34. The number of halogens is 1. The molecule has 13 heteroatoms. The third-order valence-corrected chi connectivity index (χ3v) is 9.50. The molecule has 1 aromatic heterocycles. The van der Waals surface area contributed by atoms with Gasteiger partial charge in [0.15, 0.2) is 0 Å². The van der Waals surface area contributed by atoms with Gasteiger partial charge in [0, 0.05) is 74.2 Å². The van der Waals surface area contributed by atoms with Crippen LogP contribution in [0.3, 0.4) is 0 Å².